The first-order chi connectivity index (χ1) is 10.2. The summed E-state index contributed by atoms with van der Waals surface area (Å²) in [6.45, 7) is 7.38. The molecule has 2 aromatic rings. The Kier molecular flexibility index (Phi) is 5.56. The van der Waals surface area contributed by atoms with Crippen molar-refractivity contribution in [2.75, 3.05) is 23.8 Å². The third-order valence-corrected chi connectivity index (χ3v) is 4.57. The Morgan fingerprint density at radius 3 is 2.76 bits per heavy atom. The van der Waals surface area contributed by atoms with Crippen LogP contribution in [-0.4, -0.2) is 23.6 Å². The largest absolute Gasteiger partial charge is 0.370 e. The predicted molar refractivity (Wildman–Crippen MR) is 91.3 cm³/mol. The van der Waals surface area contributed by atoms with Gasteiger partial charge in [-0.25, -0.2) is 9.97 Å². The number of hydrogen-bond donors (Lipinski definition) is 1. The van der Waals surface area contributed by atoms with Gasteiger partial charge in [0.05, 0.1) is 6.04 Å². The van der Waals surface area contributed by atoms with Crippen molar-refractivity contribution in [3.8, 4) is 0 Å². The molecule has 0 bridgehead atoms. The fourth-order valence-corrected chi connectivity index (χ4v) is 2.91. The molecule has 2 aromatic heterocycles. The zero-order valence-electron chi connectivity index (χ0n) is 13.3. The van der Waals surface area contributed by atoms with Crippen molar-refractivity contribution in [3.05, 3.63) is 34.3 Å². The van der Waals surface area contributed by atoms with E-state index < -0.39 is 0 Å². The van der Waals surface area contributed by atoms with Gasteiger partial charge < -0.3 is 10.2 Å². The van der Waals surface area contributed by atoms with Crippen molar-refractivity contribution in [1.82, 2.24) is 9.97 Å². The minimum absolute atomic E-state index is 0.309. The maximum atomic E-state index is 4.67. The Labute approximate surface area is 131 Å². The zero-order chi connectivity index (χ0) is 15.2. The van der Waals surface area contributed by atoms with E-state index in [1.54, 1.807) is 11.3 Å². The van der Waals surface area contributed by atoms with Gasteiger partial charge >= 0.3 is 0 Å². The third-order valence-electron chi connectivity index (χ3n) is 3.53. The van der Waals surface area contributed by atoms with Gasteiger partial charge in [0.25, 0.3) is 0 Å². The molecule has 1 N–H and O–H groups in total. The summed E-state index contributed by atoms with van der Waals surface area (Å²) >= 11 is 1.78. The van der Waals surface area contributed by atoms with Crippen LogP contribution in [0.2, 0.25) is 0 Å². The molecule has 1 atom stereocenters. The van der Waals surface area contributed by atoms with Gasteiger partial charge in [-0.15, -0.1) is 11.3 Å². The average molecular weight is 304 g/mol. The molecule has 0 spiro atoms. The molecule has 5 heteroatoms. The SMILES string of the molecule is CCCNc1cc(N(C)C(C)c2cccs2)nc(CC)n1. The predicted octanol–water partition coefficient (Wildman–Crippen LogP) is 4.12. The number of nitrogens with one attached hydrogen (secondary N) is 1. The van der Waals surface area contributed by atoms with E-state index in [1.165, 1.54) is 4.88 Å². The molecule has 2 heterocycles. The summed E-state index contributed by atoms with van der Waals surface area (Å²) < 4.78 is 0. The second kappa shape index (κ2) is 7.41. The van der Waals surface area contributed by atoms with Crippen LogP contribution in [0.5, 0.6) is 0 Å². The van der Waals surface area contributed by atoms with Crippen LogP contribution in [0.1, 0.15) is 43.9 Å². The summed E-state index contributed by atoms with van der Waals surface area (Å²) in [5.74, 6) is 2.78. The fourth-order valence-electron chi connectivity index (χ4n) is 2.08. The van der Waals surface area contributed by atoms with Gasteiger partial charge in [-0.2, -0.15) is 0 Å². The van der Waals surface area contributed by atoms with Gasteiger partial charge in [0, 0.05) is 31.0 Å². The van der Waals surface area contributed by atoms with Crippen molar-refractivity contribution in [2.45, 2.75) is 39.7 Å². The molecule has 0 saturated heterocycles. The van der Waals surface area contributed by atoms with Crippen molar-refractivity contribution in [2.24, 2.45) is 0 Å². The van der Waals surface area contributed by atoms with E-state index in [9.17, 15) is 0 Å². The summed E-state index contributed by atoms with van der Waals surface area (Å²) in [5.41, 5.74) is 0. The van der Waals surface area contributed by atoms with Gasteiger partial charge in [-0.3, -0.25) is 0 Å². The summed E-state index contributed by atoms with van der Waals surface area (Å²) in [4.78, 5) is 12.8. The molecule has 0 radical (unpaired) electrons. The lowest BCUT2D eigenvalue weighted by Gasteiger charge is -2.26. The minimum atomic E-state index is 0.309. The molecule has 0 aromatic carbocycles. The van der Waals surface area contributed by atoms with E-state index in [0.717, 1.165) is 36.8 Å². The van der Waals surface area contributed by atoms with Crippen LogP contribution in [0.3, 0.4) is 0 Å². The number of rotatable bonds is 7. The first kappa shape index (κ1) is 15.8. The first-order valence-electron chi connectivity index (χ1n) is 7.53. The van der Waals surface area contributed by atoms with E-state index in [1.807, 2.05) is 6.07 Å². The molecule has 1 unspecified atom stereocenters. The highest BCUT2D eigenvalue weighted by Gasteiger charge is 2.16. The van der Waals surface area contributed by atoms with Crippen LogP contribution in [-0.2, 0) is 6.42 Å². The van der Waals surface area contributed by atoms with E-state index >= 15 is 0 Å². The molecule has 0 saturated carbocycles. The maximum absolute atomic E-state index is 4.67. The normalized spacial score (nSPS) is 12.2. The summed E-state index contributed by atoms with van der Waals surface area (Å²) in [5, 5.41) is 5.48. The van der Waals surface area contributed by atoms with E-state index in [4.69, 9.17) is 0 Å². The quantitative estimate of drug-likeness (QED) is 0.835. The van der Waals surface area contributed by atoms with Crippen LogP contribution in [0.25, 0.3) is 0 Å². The Bertz CT molecular complexity index is 553. The van der Waals surface area contributed by atoms with Crippen LogP contribution in [0.15, 0.2) is 23.6 Å². The molecular formula is C16H24N4S. The van der Waals surface area contributed by atoms with Crippen molar-refractivity contribution in [3.63, 3.8) is 0 Å². The Morgan fingerprint density at radius 2 is 2.14 bits per heavy atom. The van der Waals surface area contributed by atoms with E-state index in [-0.39, 0.29) is 0 Å². The lowest BCUT2D eigenvalue weighted by Crippen LogP contribution is -2.23. The van der Waals surface area contributed by atoms with Crippen molar-refractivity contribution in [1.29, 1.82) is 0 Å². The molecule has 0 aliphatic carbocycles. The number of anilines is 2. The third kappa shape index (κ3) is 3.94. The lowest BCUT2D eigenvalue weighted by atomic mass is 10.2. The smallest absolute Gasteiger partial charge is 0.134 e. The summed E-state index contributed by atoms with van der Waals surface area (Å²) in [6.07, 6.45) is 1.93. The van der Waals surface area contributed by atoms with Crippen molar-refractivity contribution < 1.29 is 0 Å². The highest BCUT2D eigenvalue weighted by Crippen LogP contribution is 2.28. The molecule has 0 aliphatic heterocycles. The van der Waals surface area contributed by atoms with Gasteiger partial charge in [0.1, 0.15) is 17.5 Å². The standard InChI is InChI=1S/C16H24N4S/c1-5-9-17-15-11-16(19-14(6-2)18-15)20(4)12(3)13-8-7-10-21-13/h7-8,10-12H,5-6,9H2,1-4H3,(H,17,18,19). The maximum Gasteiger partial charge on any atom is 0.134 e. The van der Waals surface area contributed by atoms with Gasteiger partial charge in [-0.05, 0) is 24.8 Å². The van der Waals surface area contributed by atoms with Crippen LogP contribution >= 0.6 is 11.3 Å². The Hall–Kier alpha value is -1.62. The summed E-state index contributed by atoms with van der Waals surface area (Å²) in [7, 11) is 2.09. The molecule has 114 valence electrons. The molecule has 2 rings (SSSR count). The Balaban J connectivity index is 2.24. The second-order valence-electron chi connectivity index (χ2n) is 5.11. The van der Waals surface area contributed by atoms with Gasteiger partial charge in [-0.1, -0.05) is 19.9 Å². The fraction of sp³-hybridized carbons (Fsp3) is 0.500. The van der Waals surface area contributed by atoms with Crippen LogP contribution in [0.4, 0.5) is 11.6 Å². The topological polar surface area (TPSA) is 41.0 Å². The molecule has 4 nitrogen and oxygen atoms in total. The minimum Gasteiger partial charge on any atom is -0.370 e. The highest BCUT2D eigenvalue weighted by atomic mass is 32.1. The number of aromatic nitrogens is 2. The molecule has 21 heavy (non-hydrogen) atoms. The summed E-state index contributed by atoms with van der Waals surface area (Å²) in [6, 6.07) is 6.61. The van der Waals surface area contributed by atoms with E-state index in [2.05, 4.69) is 65.5 Å². The molecule has 0 amide bonds. The Morgan fingerprint density at radius 1 is 1.33 bits per heavy atom. The lowest BCUT2D eigenvalue weighted by molar-refractivity contribution is 0.734. The zero-order valence-corrected chi connectivity index (χ0v) is 14.1. The van der Waals surface area contributed by atoms with E-state index in [0.29, 0.717) is 6.04 Å². The number of hydrogen-bond acceptors (Lipinski definition) is 5. The average Bonchev–Trinajstić information content (AvgIpc) is 3.05. The second-order valence-corrected chi connectivity index (χ2v) is 6.09. The van der Waals surface area contributed by atoms with Gasteiger partial charge in [0.2, 0.25) is 0 Å². The van der Waals surface area contributed by atoms with Crippen LogP contribution in [0, 0.1) is 0 Å². The van der Waals surface area contributed by atoms with Crippen molar-refractivity contribution >= 4 is 23.0 Å². The first-order valence-corrected chi connectivity index (χ1v) is 8.41. The molecule has 0 fully saturated rings. The highest BCUT2D eigenvalue weighted by molar-refractivity contribution is 7.10. The number of aryl methyl sites for hydroxylation is 1. The van der Waals surface area contributed by atoms with Crippen LogP contribution < -0.4 is 10.2 Å². The van der Waals surface area contributed by atoms with Gasteiger partial charge in [0.15, 0.2) is 0 Å². The monoisotopic (exact) mass is 304 g/mol. The molecular weight excluding hydrogens is 280 g/mol. The number of nitrogens with zero attached hydrogens (tertiary/aromatic N) is 3. The number of thiophene rings is 1. The molecule has 0 aliphatic rings.